The molecule has 6 amide bonds. The van der Waals surface area contributed by atoms with E-state index < -0.39 is 66.1 Å². The molecule has 0 radical (unpaired) electrons. The van der Waals surface area contributed by atoms with Crippen LogP contribution in [0.4, 0.5) is 0 Å². The first-order valence-electron chi connectivity index (χ1n) is 21.4. The van der Waals surface area contributed by atoms with Crippen molar-refractivity contribution in [3.63, 3.8) is 0 Å². The summed E-state index contributed by atoms with van der Waals surface area (Å²) in [6, 6.07) is 14.5. The van der Waals surface area contributed by atoms with Gasteiger partial charge in [0.25, 0.3) is 0 Å². The fraction of sp³-hybridized carbons (Fsp3) is 0.578. The van der Waals surface area contributed by atoms with Crippen molar-refractivity contribution < 1.29 is 38.7 Å². The number of benzene rings is 2. The number of carboxylic acids is 1. The van der Waals surface area contributed by atoms with Gasteiger partial charge in [-0.1, -0.05) is 145 Å². The molecule has 59 heavy (non-hydrogen) atoms. The highest BCUT2D eigenvalue weighted by atomic mass is 16.4. The number of primary amides is 2. The molecule has 2 aromatic rings. The van der Waals surface area contributed by atoms with Crippen molar-refractivity contribution >= 4 is 41.4 Å². The Morgan fingerprint density at radius 1 is 0.576 bits per heavy atom. The number of rotatable bonds is 32. The molecule has 0 saturated heterocycles. The molecule has 9 N–H and O–H groups in total. The van der Waals surface area contributed by atoms with Crippen LogP contribution in [0.2, 0.25) is 0 Å². The Labute approximate surface area is 349 Å². The minimum Gasteiger partial charge on any atom is -0.480 e. The minimum atomic E-state index is -1.25. The van der Waals surface area contributed by atoms with Gasteiger partial charge >= 0.3 is 5.97 Å². The molecule has 14 nitrogen and oxygen atoms in total. The van der Waals surface area contributed by atoms with E-state index in [1.165, 1.54) is 0 Å². The number of nitrogens with two attached hydrogens (primary N) is 2. The van der Waals surface area contributed by atoms with Gasteiger partial charge in [-0.15, -0.1) is 0 Å². The molecule has 0 fully saturated rings. The molecule has 2 aromatic carbocycles. The van der Waals surface area contributed by atoms with Gasteiger partial charge in [0.05, 0.1) is 6.42 Å². The number of unbranched alkanes of at least 4 members (excludes halogenated alkanes) is 11. The van der Waals surface area contributed by atoms with Gasteiger partial charge in [-0.3, -0.25) is 28.8 Å². The Morgan fingerprint density at radius 3 is 1.49 bits per heavy atom. The number of aryl methyl sites for hydroxylation is 1. The van der Waals surface area contributed by atoms with Crippen molar-refractivity contribution in [3.05, 3.63) is 71.8 Å². The molecule has 14 heteroatoms. The molecular formula is C45H68N6O8. The van der Waals surface area contributed by atoms with Crippen LogP contribution >= 0.6 is 0 Å². The van der Waals surface area contributed by atoms with E-state index in [1.807, 2.05) is 74.5 Å². The van der Waals surface area contributed by atoms with E-state index in [9.17, 15) is 38.7 Å². The van der Waals surface area contributed by atoms with Crippen LogP contribution in [0.5, 0.6) is 0 Å². The Bertz CT molecular complexity index is 1590. The molecule has 0 aromatic heterocycles. The maximum atomic E-state index is 13.2. The molecule has 0 heterocycles. The van der Waals surface area contributed by atoms with Crippen LogP contribution in [0.25, 0.3) is 0 Å². The lowest BCUT2D eigenvalue weighted by atomic mass is 9.97. The molecule has 5 atom stereocenters. The zero-order chi connectivity index (χ0) is 43.4. The predicted molar refractivity (Wildman–Crippen MR) is 227 cm³/mol. The second-order valence-corrected chi connectivity index (χ2v) is 15.5. The average molecular weight is 821 g/mol. The maximum absolute atomic E-state index is 13.2. The second-order valence-electron chi connectivity index (χ2n) is 15.5. The summed E-state index contributed by atoms with van der Waals surface area (Å²) in [6.07, 6.45) is 13.3. The quantitative estimate of drug-likeness (QED) is 0.0507. The topological polar surface area (TPSA) is 240 Å². The smallest absolute Gasteiger partial charge is 0.326 e. The van der Waals surface area contributed by atoms with Gasteiger partial charge in [0.2, 0.25) is 35.4 Å². The van der Waals surface area contributed by atoms with Gasteiger partial charge in [-0.25, -0.2) is 4.79 Å². The van der Waals surface area contributed by atoms with Crippen LogP contribution in [0.3, 0.4) is 0 Å². The van der Waals surface area contributed by atoms with Crippen LogP contribution in [-0.2, 0) is 46.4 Å². The van der Waals surface area contributed by atoms with E-state index in [0.717, 1.165) is 81.8 Å². The standard InChI is InChI=1S/C45H68N6O8/c1-3-32(2)41(44(57)50-36(42(47)55)30-34-24-18-15-19-25-34)51-40(54)27-21-13-11-9-7-5-4-6-8-10-12-20-26-39(53)48-37(31-38(46)52)43(56)49-35(45(58)59)29-28-33-22-16-14-17-23-33/h14-19,22-25,32,35-37,41H,3-13,20-21,26-31H2,1-2H3,(H2,46,52)(H2,47,55)(H,48,53)(H,49,56)(H,50,57)(H,51,54)(H,58,59)/t32-,35-,36-,37-,41-/m0/s1. The van der Waals surface area contributed by atoms with Gasteiger partial charge in [0.15, 0.2) is 0 Å². The lowest BCUT2D eigenvalue weighted by Crippen LogP contribution is -2.55. The predicted octanol–water partition coefficient (Wildman–Crippen LogP) is 4.75. The van der Waals surface area contributed by atoms with Crippen molar-refractivity contribution in [2.75, 3.05) is 0 Å². The number of hydrogen-bond acceptors (Lipinski definition) is 7. The second kappa shape index (κ2) is 29.0. The normalized spacial score (nSPS) is 13.5. The van der Waals surface area contributed by atoms with E-state index in [0.29, 0.717) is 25.7 Å². The number of nitrogens with one attached hydrogen (secondary N) is 4. The van der Waals surface area contributed by atoms with Gasteiger partial charge < -0.3 is 37.8 Å². The number of carbonyl (C=O) groups is 7. The van der Waals surface area contributed by atoms with Crippen molar-refractivity contribution in [1.82, 2.24) is 21.3 Å². The van der Waals surface area contributed by atoms with E-state index in [-0.39, 0.29) is 31.1 Å². The molecular weight excluding hydrogens is 753 g/mol. The molecule has 0 unspecified atom stereocenters. The first-order chi connectivity index (χ1) is 28.3. The molecule has 0 bridgehead atoms. The van der Waals surface area contributed by atoms with Crippen molar-refractivity contribution in [2.24, 2.45) is 17.4 Å². The van der Waals surface area contributed by atoms with Crippen LogP contribution in [-0.4, -0.2) is 70.7 Å². The third kappa shape index (κ3) is 21.9. The lowest BCUT2D eigenvalue weighted by Gasteiger charge is -2.26. The van der Waals surface area contributed by atoms with Crippen LogP contribution in [0.1, 0.15) is 134 Å². The van der Waals surface area contributed by atoms with E-state index in [2.05, 4.69) is 21.3 Å². The summed E-state index contributed by atoms with van der Waals surface area (Å²) >= 11 is 0. The first kappa shape index (κ1) is 49.9. The van der Waals surface area contributed by atoms with Gasteiger partial charge in [0, 0.05) is 19.3 Å². The average Bonchev–Trinajstić information content (AvgIpc) is 3.21. The summed E-state index contributed by atoms with van der Waals surface area (Å²) in [5, 5.41) is 20.3. The summed E-state index contributed by atoms with van der Waals surface area (Å²) in [7, 11) is 0. The Morgan fingerprint density at radius 2 is 1.03 bits per heavy atom. The first-order valence-corrected chi connectivity index (χ1v) is 21.4. The molecule has 0 aliphatic heterocycles. The summed E-state index contributed by atoms with van der Waals surface area (Å²) in [4.78, 5) is 86.9. The summed E-state index contributed by atoms with van der Waals surface area (Å²) in [5.74, 6) is -4.47. The number of carboxylic acid groups (broad SMARTS) is 1. The molecule has 326 valence electrons. The van der Waals surface area contributed by atoms with Gasteiger partial charge in [-0.2, -0.15) is 0 Å². The van der Waals surface area contributed by atoms with Crippen molar-refractivity contribution in [2.45, 2.75) is 160 Å². The van der Waals surface area contributed by atoms with Crippen LogP contribution < -0.4 is 32.7 Å². The zero-order valence-corrected chi connectivity index (χ0v) is 35.1. The monoisotopic (exact) mass is 821 g/mol. The summed E-state index contributed by atoms with van der Waals surface area (Å²) in [5.41, 5.74) is 12.7. The SMILES string of the molecule is CC[C@H](C)[C@H](NC(=O)CCCCCCCCCCCCCCC(=O)N[C@@H](CC(N)=O)C(=O)N[C@@H](CCc1ccccc1)C(=O)O)C(=O)N[C@@H](Cc1ccccc1)C(N)=O. The fourth-order valence-corrected chi connectivity index (χ4v) is 6.78. The third-order valence-electron chi connectivity index (χ3n) is 10.5. The lowest BCUT2D eigenvalue weighted by molar-refractivity contribution is -0.142. The van der Waals surface area contributed by atoms with Crippen molar-refractivity contribution in [3.8, 4) is 0 Å². The number of hydrogen-bond donors (Lipinski definition) is 7. The molecule has 0 saturated carbocycles. The van der Waals surface area contributed by atoms with Crippen LogP contribution in [0, 0.1) is 5.92 Å². The molecule has 0 spiro atoms. The number of aliphatic carboxylic acids is 1. The highest BCUT2D eigenvalue weighted by molar-refractivity contribution is 5.94. The van der Waals surface area contributed by atoms with Gasteiger partial charge in [-0.05, 0) is 42.7 Å². The zero-order valence-electron chi connectivity index (χ0n) is 35.1. The largest absolute Gasteiger partial charge is 0.480 e. The van der Waals surface area contributed by atoms with E-state index in [1.54, 1.807) is 0 Å². The summed E-state index contributed by atoms with van der Waals surface area (Å²) in [6.45, 7) is 3.85. The number of amides is 6. The fourth-order valence-electron chi connectivity index (χ4n) is 6.78. The van der Waals surface area contributed by atoms with E-state index in [4.69, 9.17) is 11.5 Å². The maximum Gasteiger partial charge on any atom is 0.326 e. The number of carbonyl (C=O) groups excluding carboxylic acids is 6. The summed E-state index contributed by atoms with van der Waals surface area (Å²) < 4.78 is 0. The molecule has 2 rings (SSSR count). The minimum absolute atomic E-state index is 0.121. The highest BCUT2D eigenvalue weighted by Crippen LogP contribution is 2.15. The molecule has 0 aliphatic carbocycles. The third-order valence-corrected chi connectivity index (χ3v) is 10.5. The Hall–Kier alpha value is -5.27. The van der Waals surface area contributed by atoms with Gasteiger partial charge in [0.1, 0.15) is 24.2 Å². The Kier molecular flexibility index (Phi) is 24.5. The van der Waals surface area contributed by atoms with E-state index >= 15 is 0 Å². The highest BCUT2D eigenvalue weighted by Gasteiger charge is 2.30. The van der Waals surface area contributed by atoms with Crippen molar-refractivity contribution in [1.29, 1.82) is 0 Å². The Balaban J connectivity index is 1.56. The van der Waals surface area contributed by atoms with Crippen LogP contribution in [0.15, 0.2) is 60.7 Å². The molecule has 0 aliphatic rings.